The second-order valence-electron chi connectivity index (χ2n) is 5.65. The fraction of sp³-hybridized carbons (Fsp3) is 0.667. The van der Waals surface area contributed by atoms with Gasteiger partial charge in [0.15, 0.2) is 0 Å². The second-order valence-corrected chi connectivity index (χ2v) is 5.65. The molecule has 0 aliphatic rings. The highest BCUT2D eigenvalue weighted by molar-refractivity contribution is 5.93. The van der Waals surface area contributed by atoms with Crippen LogP contribution in [-0.4, -0.2) is 49.1 Å². The van der Waals surface area contributed by atoms with Gasteiger partial charge in [-0.1, -0.05) is 13.8 Å². The molecule has 0 bridgehead atoms. The van der Waals surface area contributed by atoms with E-state index in [0.717, 1.165) is 0 Å². The highest BCUT2D eigenvalue weighted by Gasteiger charge is 2.31. The average molecular weight is 268 g/mol. The number of nitrogens with zero attached hydrogens (tertiary/aromatic N) is 3. The zero-order valence-corrected chi connectivity index (χ0v) is 11.9. The number of carboxylic acids is 1. The Labute approximate surface area is 112 Å². The maximum atomic E-state index is 12.3. The molecule has 1 aromatic heterocycles. The van der Waals surface area contributed by atoms with Crippen molar-refractivity contribution >= 4 is 11.9 Å². The Morgan fingerprint density at radius 3 is 2.32 bits per heavy atom. The van der Waals surface area contributed by atoms with Gasteiger partial charge in [-0.25, -0.2) is 4.98 Å². The largest absolute Gasteiger partial charge is 0.480 e. The number of hydrogen-bond acceptors (Lipinski definition) is 4. The van der Waals surface area contributed by atoms with Gasteiger partial charge in [0, 0.05) is 11.5 Å². The van der Waals surface area contributed by atoms with E-state index in [4.69, 9.17) is 5.11 Å². The minimum atomic E-state index is -1.07. The van der Waals surface area contributed by atoms with Crippen LogP contribution in [0.2, 0.25) is 0 Å². The van der Waals surface area contributed by atoms with Crippen LogP contribution in [-0.2, 0) is 4.79 Å². The monoisotopic (exact) mass is 268 g/mol. The zero-order chi connectivity index (χ0) is 14.8. The van der Waals surface area contributed by atoms with Gasteiger partial charge in [-0.05, 0) is 20.8 Å². The van der Waals surface area contributed by atoms with Gasteiger partial charge in [-0.2, -0.15) is 0 Å². The lowest BCUT2D eigenvalue weighted by molar-refractivity contribution is -0.138. The molecule has 0 radical (unpaired) electrons. The van der Waals surface area contributed by atoms with Crippen molar-refractivity contribution in [2.75, 3.05) is 6.54 Å². The Balaban J connectivity index is 3.01. The van der Waals surface area contributed by atoms with Gasteiger partial charge >= 0.3 is 5.97 Å². The summed E-state index contributed by atoms with van der Waals surface area (Å²) in [7, 11) is 0. The first-order valence-electron chi connectivity index (χ1n) is 6.09. The SMILES string of the molecule is CC(C)c1nc(C(=O)N(CC(=O)O)C(C)(C)C)n[nH]1. The summed E-state index contributed by atoms with van der Waals surface area (Å²) in [5.41, 5.74) is -0.617. The molecule has 7 heteroatoms. The number of aromatic amines is 1. The molecule has 2 N–H and O–H groups in total. The molecule has 1 aromatic rings. The van der Waals surface area contributed by atoms with Crippen LogP contribution in [0.15, 0.2) is 0 Å². The summed E-state index contributed by atoms with van der Waals surface area (Å²) in [6.07, 6.45) is 0. The fourth-order valence-corrected chi connectivity index (χ4v) is 1.50. The van der Waals surface area contributed by atoms with Crippen molar-refractivity contribution in [3.8, 4) is 0 Å². The minimum absolute atomic E-state index is 0.000116. The van der Waals surface area contributed by atoms with E-state index in [1.165, 1.54) is 4.90 Å². The summed E-state index contributed by atoms with van der Waals surface area (Å²) in [5.74, 6) is -0.829. The molecule has 0 atom stereocenters. The standard InChI is InChI=1S/C12H20N4O3/c1-7(2)9-13-10(15-14-9)11(19)16(6-8(17)18)12(3,4)5/h7H,6H2,1-5H3,(H,17,18)(H,13,14,15). The van der Waals surface area contributed by atoms with E-state index in [9.17, 15) is 9.59 Å². The summed E-state index contributed by atoms with van der Waals surface area (Å²) in [6.45, 7) is 8.77. The van der Waals surface area contributed by atoms with Crippen molar-refractivity contribution in [1.82, 2.24) is 20.1 Å². The molecule has 1 rings (SSSR count). The van der Waals surface area contributed by atoms with E-state index < -0.39 is 17.4 Å². The molecule has 0 fully saturated rings. The van der Waals surface area contributed by atoms with E-state index in [1.54, 1.807) is 20.8 Å². The molecule has 0 aliphatic carbocycles. The third-order valence-electron chi connectivity index (χ3n) is 2.59. The molecule has 0 saturated heterocycles. The Bertz CT molecular complexity index is 474. The van der Waals surface area contributed by atoms with E-state index in [1.807, 2.05) is 13.8 Å². The number of rotatable bonds is 4. The van der Waals surface area contributed by atoms with Crippen molar-refractivity contribution < 1.29 is 14.7 Å². The molecule has 0 spiro atoms. The van der Waals surface area contributed by atoms with Gasteiger partial charge < -0.3 is 10.0 Å². The normalized spacial score (nSPS) is 11.7. The van der Waals surface area contributed by atoms with Crippen molar-refractivity contribution in [3.63, 3.8) is 0 Å². The number of aromatic nitrogens is 3. The Morgan fingerprint density at radius 1 is 1.37 bits per heavy atom. The van der Waals surface area contributed by atoms with Crippen LogP contribution in [0.3, 0.4) is 0 Å². The Kier molecular flexibility index (Phi) is 4.28. The Morgan fingerprint density at radius 2 is 1.95 bits per heavy atom. The average Bonchev–Trinajstić information content (AvgIpc) is 2.72. The molecule has 0 aromatic carbocycles. The molecular weight excluding hydrogens is 248 g/mol. The van der Waals surface area contributed by atoms with E-state index in [2.05, 4.69) is 15.2 Å². The lowest BCUT2D eigenvalue weighted by Gasteiger charge is -2.33. The number of carbonyl (C=O) groups excluding carboxylic acids is 1. The number of carboxylic acid groups (broad SMARTS) is 1. The maximum absolute atomic E-state index is 12.3. The number of carbonyl (C=O) groups is 2. The van der Waals surface area contributed by atoms with Crippen LogP contribution in [0.25, 0.3) is 0 Å². The van der Waals surface area contributed by atoms with E-state index in [-0.39, 0.29) is 18.3 Å². The van der Waals surface area contributed by atoms with Crippen molar-refractivity contribution in [3.05, 3.63) is 11.6 Å². The topological polar surface area (TPSA) is 99.2 Å². The van der Waals surface area contributed by atoms with E-state index in [0.29, 0.717) is 5.82 Å². The summed E-state index contributed by atoms with van der Waals surface area (Å²) >= 11 is 0. The first-order valence-corrected chi connectivity index (χ1v) is 6.09. The molecule has 106 valence electrons. The first kappa shape index (κ1) is 15.1. The van der Waals surface area contributed by atoms with Gasteiger partial charge in [0.05, 0.1) is 0 Å². The highest BCUT2D eigenvalue weighted by atomic mass is 16.4. The quantitative estimate of drug-likeness (QED) is 0.856. The molecule has 1 amide bonds. The molecule has 7 nitrogen and oxygen atoms in total. The van der Waals surface area contributed by atoms with Crippen LogP contribution in [0, 0.1) is 0 Å². The predicted octanol–water partition coefficient (Wildman–Crippen LogP) is 1.25. The molecular formula is C12H20N4O3. The second kappa shape index (κ2) is 5.38. The predicted molar refractivity (Wildman–Crippen MR) is 68.9 cm³/mol. The number of amides is 1. The van der Waals surface area contributed by atoms with Crippen LogP contribution >= 0.6 is 0 Å². The summed E-state index contributed by atoms with van der Waals surface area (Å²) in [6, 6.07) is 0. The third-order valence-corrected chi connectivity index (χ3v) is 2.59. The van der Waals surface area contributed by atoms with Gasteiger partial charge in [-0.3, -0.25) is 14.7 Å². The number of hydrogen-bond donors (Lipinski definition) is 2. The number of nitrogens with one attached hydrogen (secondary N) is 1. The van der Waals surface area contributed by atoms with Crippen LogP contribution < -0.4 is 0 Å². The molecule has 0 unspecified atom stereocenters. The first-order chi connectivity index (χ1) is 8.62. The number of aliphatic carboxylic acids is 1. The van der Waals surface area contributed by atoms with Crippen LogP contribution in [0.4, 0.5) is 0 Å². The maximum Gasteiger partial charge on any atom is 0.323 e. The highest BCUT2D eigenvalue weighted by Crippen LogP contribution is 2.16. The van der Waals surface area contributed by atoms with Crippen LogP contribution in [0.1, 0.15) is 57.0 Å². The van der Waals surface area contributed by atoms with Gasteiger partial charge in [-0.15, -0.1) is 5.10 Å². The van der Waals surface area contributed by atoms with Crippen molar-refractivity contribution in [1.29, 1.82) is 0 Å². The smallest absolute Gasteiger partial charge is 0.323 e. The lowest BCUT2D eigenvalue weighted by Crippen LogP contribution is -2.48. The van der Waals surface area contributed by atoms with Crippen molar-refractivity contribution in [2.45, 2.75) is 46.1 Å². The van der Waals surface area contributed by atoms with Gasteiger partial charge in [0.1, 0.15) is 12.4 Å². The molecule has 19 heavy (non-hydrogen) atoms. The minimum Gasteiger partial charge on any atom is -0.480 e. The summed E-state index contributed by atoms with van der Waals surface area (Å²) in [4.78, 5) is 28.5. The number of H-pyrrole nitrogens is 1. The zero-order valence-electron chi connectivity index (χ0n) is 11.9. The fourth-order valence-electron chi connectivity index (χ4n) is 1.50. The molecule has 0 aliphatic heterocycles. The summed E-state index contributed by atoms with van der Waals surface area (Å²) in [5, 5.41) is 15.4. The van der Waals surface area contributed by atoms with Crippen LogP contribution in [0.5, 0.6) is 0 Å². The lowest BCUT2D eigenvalue weighted by atomic mass is 10.1. The Hall–Kier alpha value is -1.92. The summed E-state index contributed by atoms with van der Waals surface area (Å²) < 4.78 is 0. The molecule has 1 heterocycles. The third kappa shape index (κ3) is 3.77. The molecule has 0 saturated carbocycles. The van der Waals surface area contributed by atoms with Gasteiger partial charge in [0.2, 0.25) is 5.82 Å². The van der Waals surface area contributed by atoms with Crippen molar-refractivity contribution in [2.24, 2.45) is 0 Å². The van der Waals surface area contributed by atoms with Gasteiger partial charge in [0.25, 0.3) is 5.91 Å². The van der Waals surface area contributed by atoms with E-state index >= 15 is 0 Å².